The standard InChI is InChI=1S/C21H27NO/c1-5-6-16-22(19-10-8-7-9-11-19)20(23)17-12-14-18(15-13-17)21(2,3)4/h7-15H,5-6,16H2,1-4H3. The van der Waals surface area contributed by atoms with Gasteiger partial charge in [-0.1, -0.05) is 64.4 Å². The molecule has 0 aliphatic rings. The number of nitrogens with zero attached hydrogens (tertiary/aromatic N) is 1. The summed E-state index contributed by atoms with van der Waals surface area (Å²) in [7, 11) is 0. The zero-order valence-electron chi connectivity index (χ0n) is 14.7. The second kappa shape index (κ2) is 7.45. The first-order valence-electron chi connectivity index (χ1n) is 8.41. The van der Waals surface area contributed by atoms with Crippen LogP contribution in [0.4, 0.5) is 5.69 Å². The number of carbonyl (C=O) groups excluding carboxylic acids is 1. The summed E-state index contributed by atoms with van der Waals surface area (Å²) in [5, 5.41) is 0. The van der Waals surface area contributed by atoms with E-state index in [1.165, 1.54) is 5.56 Å². The zero-order valence-corrected chi connectivity index (χ0v) is 14.7. The maximum absolute atomic E-state index is 12.9. The Hall–Kier alpha value is -2.09. The molecule has 0 N–H and O–H groups in total. The fourth-order valence-corrected chi connectivity index (χ4v) is 2.54. The van der Waals surface area contributed by atoms with Crippen LogP contribution >= 0.6 is 0 Å². The maximum Gasteiger partial charge on any atom is 0.258 e. The molecule has 0 saturated carbocycles. The average molecular weight is 309 g/mol. The molecule has 2 nitrogen and oxygen atoms in total. The van der Waals surface area contributed by atoms with Gasteiger partial charge in [0.25, 0.3) is 5.91 Å². The van der Waals surface area contributed by atoms with Gasteiger partial charge in [0, 0.05) is 17.8 Å². The van der Waals surface area contributed by atoms with Crippen molar-refractivity contribution in [1.82, 2.24) is 0 Å². The first kappa shape index (κ1) is 17.3. The maximum atomic E-state index is 12.9. The van der Waals surface area contributed by atoms with Crippen molar-refractivity contribution in [3.05, 3.63) is 65.7 Å². The van der Waals surface area contributed by atoms with Gasteiger partial charge in [-0.05, 0) is 41.7 Å². The Balaban J connectivity index is 2.26. The highest BCUT2D eigenvalue weighted by molar-refractivity contribution is 6.06. The second-order valence-corrected chi connectivity index (χ2v) is 6.97. The number of rotatable bonds is 5. The van der Waals surface area contributed by atoms with Gasteiger partial charge in [0.15, 0.2) is 0 Å². The minimum Gasteiger partial charge on any atom is -0.308 e. The third-order valence-corrected chi connectivity index (χ3v) is 4.05. The number of carbonyl (C=O) groups is 1. The molecule has 23 heavy (non-hydrogen) atoms. The highest BCUT2D eigenvalue weighted by atomic mass is 16.2. The minimum atomic E-state index is 0.0742. The zero-order chi connectivity index (χ0) is 16.9. The summed E-state index contributed by atoms with van der Waals surface area (Å²) < 4.78 is 0. The molecular formula is C21H27NO. The van der Waals surface area contributed by atoms with Gasteiger partial charge in [0.05, 0.1) is 0 Å². The molecular weight excluding hydrogens is 282 g/mol. The van der Waals surface area contributed by atoms with Gasteiger partial charge < -0.3 is 4.90 Å². The Labute approximate surface area is 140 Å². The van der Waals surface area contributed by atoms with Gasteiger partial charge in [0.1, 0.15) is 0 Å². The van der Waals surface area contributed by atoms with Crippen LogP contribution in [0.3, 0.4) is 0 Å². The number of unbranched alkanes of at least 4 members (excludes halogenated alkanes) is 1. The summed E-state index contributed by atoms with van der Waals surface area (Å²) in [5.41, 5.74) is 3.06. The summed E-state index contributed by atoms with van der Waals surface area (Å²) >= 11 is 0. The fraction of sp³-hybridized carbons (Fsp3) is 0.381. The van der Waals surface area contributed by atoms with Crippen LogP contribution in [0.2, 0.25) is 0 Å². The topological polar surface area (TPSA) is 20.3 Å². The van der Waals surface area contributed by atoms with Gasteiger partial charge in [-0.3, -0.25) is 4.79 Å². The fourth-order valence-electron chi connectivity index (χ4n) is 2.54. The number of hydrogen-bond acceptors (Lipinski definition) is 1. The van der Waals surface area contributed by atoms with Gasteiger partial charge in [0.2, 0.25) is 0 Å². The Morgan fingerprint density at radius 2 is 1.57 bits per heavy atom. The van der Waals surface area contributed by atoms with Crippen molar-refractivity contribution >= 4 is 11.6 Å². The third kappa shape index (κ3) is 4.44. The summed E-state index contributed by atoms with van der Waals surface area (Å²) in [6, 6.07) is 18.0. The van der Waals surface area contributed by atoms with E-state index in [0.717, 1.165) is 30.6 Å². The molecule has 0 bridgehead atoms. The monoisotopic (exact) mass is 309 g/mol. The van der Waals surface area contributed by atoms with E-state index in [9.17, 15) is 4.79 Å². The van der Waals surface area contributed by atoms with Crippen molar-refractivity contribution in [1.29, 1.82) is 0 Å². The van der Waals surface area contributed by atoms with Gasteiger partial charge in [-0.25, -0.2) is 0 Å². The van der Waals surface area contributed by atoms with Gasteiger partial charge >= 0.3 is 0 Å². The first-order valence-corrected chi connectivity index (χ1v) is 8.41. The number of hydrogen-bond donors (Lipinski definition) is 0. The normalized spacial score (nSPS) is 11.3. The average Bonchev–Trinajstić information content (AvgIpc) is 2.55. The summed E-state index contributed by atoms with van der Waals surface area (Å²) in [5.74, 6) is 0.0742. The number of para-hydroxylation sites is 1. The highest BCUT2D eigenvalue weighted by Crippen LogP contribution is 2.23. The molecule has 1 amide bonds. The van der Waals surface area contributed by atoms with Crippen molar-refractivity contribution < 1.29 is 4.79 Å². The Bertz CT molecular complexity index is 623. The molecule has 0 saturated heterocycles. The van der Waals surface area contributed by atoms with Gasteiger partial charge in [-0.15, -0.1) is 0 Å². The van der Waals surface area contributed by atoms with Crippen LogP contribution < -0.4 is 4.90 Å². The molecule has 2 heteroatoms. The van der Waals surface area contributed by atoms with Crippen molar-refractivity contribution in [2.45, 2.75) is 46.0 Å². The molecule has 0 aromatic heterocycles. The lowest BCUT2D eigenvalue weighted by molar-refractivity contribution is 0.0986. The van der Waals surface area contributed by atoms with E-state index in [-0.39, 0.29) is 11.3 Å². The molecule has 0 heterocycles. The number of benzene rings is 2. The highest BCUT2D eigenvalue weighted by Gasteiger charge is 2.19. The van der Waals surface area contributed by atoms with Crippen LogP contribution in [-0.4, -0.2) is 12.5 Å². The molecule has 0 spiro atoms. The molecule has 0 radical (unpaired) electrons. The van der Waals surface area contributed by atoms with E-state index in [4.69, 9.17) is 0 Å². The lowest BCUT2D eigenvalue weighted by Crippen LogP contribution is -2.32. The van der Waals surface area contributed by atoms with Crippen molar-refractivity contribution in [2.24, 2.45) is 0 Å². The second-order valence-electron chi connectivity index (χ2n) is 6.97. The molecule has 0 atom stereocenters. The van der Waals surface area contributed by atoms with E-state index in [0.29, 0.717) is 0 Å². The van der Waals surface area contributed by atoms with Crippen molar-refractivity contribution in [3.8, 4) is 0 Å². The van der Waals surface area contributed by atoms with Crippen molar-refractivity contribution in [3.63, 3.8) is 0 Å². The molecule has 0 fully saturated rings. The summed E-state index contributed by atoms with van der Waals surface area (Å²) in [4.78, 5) is 14.8. The predicted octanol–water partition coefficient (Wildman–Crippen LogP) is 5.43. The smallest absolute Gasteiger partial charge is 0.258 e. The Morgan fingerprint density at radius 3 is 2.09 bits per heavy atom. The van der Waals surface area contributed by atoms with E-state index >= 15 is 0 Å². The van der Waals surface area contributed by atoms with Crippen molar-refractivity contribution in [2.75, 3.05) is 11.4 Å². The number of amides is 1. The van der Waals surface area contributed by atoms with Gasteiger partial charge in [-0.2, -0.15) is 0 Å². The molecule has 0 aliphatic carbocycles. The van der Waals surface area contributed by atoms with Crippen LogP contribution in [0.25, 0.3) is 0 Å². The van der Waals surface area contributed by atoms with Crippen LogP contribution in [0.1, 0.15) is 56.5 Å². The molecule has 2 aromatic carbocycles. The molecule has 2 aromatic rings. The van der Waals surface area contributed by atoms with Crippen LogP contribution in [0.5, 0.6) is 0 Å². The van der Waals surface area contributed by atoms with E-state index in [1.807, 2.05) is 47.4 Å². The predicted molar refractivity (Wildman–Crippen MR) is 98.2 cm³/mol. The minimum absolute atomic E-state index is 0.0742. The molecule has 0 aliphatic heterocycles. The third-order valence-electron chi connectivity index (χ3n) is 4.05. The Kier molecular flexibility index (Phi) is 5.59. The van der Waals surface area contributed by atoms with E-state index in [2.05, 4.69) is 39.8 Å². The van der Waals surface area contributed by atoms with E-state index in [1.54, 1.807) is 0 Å². The number of anilines is 1. The summed E-state index contributed by atoms with van der Waals surface area (Å²) in [6.45, 7) is 9.44. The van der Waals surface area contributed by atoms with Crippen LogP contribution in [0, 0.1) is 0 Å². The van der Waals surface area contributed by atoms with Crippen LogP contribution in [-0.2, 0) is 5.41 Å². The van der Waals surface area contributed by atoms with Crippen LogP contribution in [0.15, 0.2) is 54.6 Å². The molecule has 2 rings (SSSR count). The molecule has 0 unspecified atom stereocenters. The summed E-state index contributed by atoms with van der Waals surface area (Å²) in [6.07, 6.45) is 2.07. The van der Waals surface area contributed by atoms with E-state index < -0.39 is 0 Å². The quantitative estimate of drug-likeness (QED) is 0.721. The lowest BCUT2D eigenvalue weighted by atomic mass is 9.86. The lowest BCUT2D eigenvalue weighted by Gasteiger charge is -2.24. The molecule has 122 valence electrons. The SMILES string of the molecule is CCCCN(C(=O)c1ccc(C(C)(C)C)cc1)c1ccccc1. The first-order chi connectivity index (χ1) is 10.9. The largest absolute Gasteiger partial charge is 0.308 e. The Morgan fingerprint density at radius 1 is 0.957 bits per heavy atom.